The average Bonchev–Trinajstić information content (AvgIpc) is 2.77. The summed E-state index contributed by atoms with van der Waals surface area (Å²) in [6.45, 7) is 4.59. The van der Waals surface area contributed by atoms with Crippen LogP contribution in [0.15, 0.2) is 12.2 Å². The minimum absolute atomic E-state index is 0.00321. The largest absolute Gasteiger partial charge is 0.393 e. The molecule has 0 amide bonds. The molecule has 0 saturated heterocycles. The summed E-state index contributed by atoms with van der Waals surface area (Å²) < 4.78 is 0. The van der Waals surface area contributed by atoms with E-state index >= 15 is 0 Å². The second kappa shape index (κ2) is 4.81. The molecule has 4 aliphatic carbocycles. The van der Waals surface area contributed by atoms with Crippen molar-refractivity contribution in [2.75, 3.05) is 0 Å². The number of hydrogen-bond donors (Lipinski definition) is 3. The molecule has 0 bridgehead atoms. The third kappa shape index (κ3) is 1.85. The normalized spacial score (nSPS) is 60.5. The molecule has 1 unspecified atom stereocenters. The molecule has 0 aromatic carbocycles. The molecule has 22 heavy (non-hydrogen) atoms. The molecule has 3 N–H and O–H groups in total. The number of aliphatic hydroxyl groups excluding tert-OH is 3. The maximum Gasteiger partial charge on any atom is 0.0724 e. The molecular weight excluding hydrogens is 276 g/mol. The molecular formula is C19H30O3. The minimum atomic E-state index is -0.344. The van der Waals surface area contributed by atoms with Crippen LogP contribution in [0.25, 0.3) is 0 Å². The van der Waals surface area contributed by atoms with Crippen LogP contribution in [-0.2, 0) is 0 Å². The first-order valence-electron chi connectivity index (χ1n) is 9.10. The molecule has 124 valence electrons. The van der Waals surface area contributed by atoms with E-state index < -0.39 is 0 Å². The van der Waals surface area contributed by atoms with Crippen molar-refractivity contribution in [1.82, 2.24) is 0 Å². The Labute approximate surface area is 133 Å². The van der Waals surface area contributed by atoms with Gasteiger partial charge in [-0.05, 0) is 73.0 Å². The van der Waals surface area contributed by atoms with Crippen molar-refractivity contribution in [2.24, 2.45) is 34.5 Å². The molecule has 4 rings (SSSR count). The maximum absolute atomic E-state index is 10.9. The van der Waals surface area contributed by atoms with Gasteiger partial charge in [-0.2, -0.15) is 0 Å². The van der Waals surface area contributed by atoms with Gasteiger partial charge >= 0.3 is 0 Å². The van der Waals surface area contributed by atoms with Crippen molar-refractivity contribution < 1.29 is 15.3 Å². The molecule has 3 saturated carbocycles. The van der Waals surface area contributed by atoms with Gasteiger partial charge in [0.1, 0.15) is 0 Å². The van der Waals surface area contributed by atoms with Gasteiger partial charge < -0.3 is 15.3 Å². The van der Waals surface area contributed by atoms with Gasteiger partial charge in [-0.25, -0.2) is 0 Å². The van der Waals surface area contributed by atoms with Crippen LogP contribution in [0.3, 0.4) is 0 Å². The third-order valence-corrected chi connectivity index (χ3v) is 8.14. The summed E-state index contributed by atoms with van der Waals surface area (Å²) in [7, 11) is 0. The van der Waals surface area contributed by atoms with E-state index in [-0.39, 0.29) is 29.1 Å². The molecule has 0 aromatic heterocycles. The fourth-order valence-corrected chi connectivity index (χ4v) is 6.73. The van der Waals surface area contributed by atoms with Crippen LogP contribution in [0.4, 0.5) is 0 Å². The highest BCUT2D eigenvalue weighted by atomic mass is 16.3. The molecule has 0 heterocycles. The second-order valence-electron chi connectivity index (χ2n) is 8.96. The summed E-state index contributed by atoms with van der Waals surface area (Å²) in [6, 6.07) is 0. The van der Waals surface area contributed by atoms with Crippen molar-refractivity contribution in [2.45, 2.75) is 70.7 Å². The zero-order valence-electron chi connectivity index (χ0n) is 13.8. The summed E-state index contributed by atoms with van der Waals surface area (Å²) in [5.74, 6) is 1.65. The van der Waals surface area contributed by atoms with Crippen LogP contribution < -0.4 is 0 Å². The Balaban J connectivity index is 1.71. The van der Waals surface area contributed by atoms with Gasteiger partial charge in [0.25, 0.3) is 0 Å². The van der Waals surface area contributed by atoms with Crippen LogP contribution >= 0.6 is 0 Å². The van der Waals surface area contributed by atoms with Gasteiger partial charge in [-0.15, -0.1) is 0 Å². The average molecular weight is 306 g/mol. The number of allylic oxidation sites excluding steroid dienone is 1. The van der Waals surface area contributed by atoms with E-state index in [4.69, 9.17) is 0 Å². The standard InChI is InChI=1S/C19H30O3/c1-18-7-5-12(20)9-11(18)10-15(21)17-13-3-4-16(22)19(13,2)8-6-14(17)18/h5,7,11-17,20-22H,3-4,6,8-10H2,1-2H3/t11?,12-,13-,14-,15+,16-,17-,18-,19-/m0/s1. The van der Waals surface area contributed by atoms with Crippen molar-refractivity contribution >= 4 is 0 Å². The van der Waals surface area contributed by atoms with Crippen LogP contribution in [0.2, 0.25) is 0 Å². The highest BCUT2D eigenvalue weighted by Gasteiger charge is 2.61. The van der Waals surface area contributed by atoms with E-state index in [0.29, 0.717) is 23.7 Å². The number of aliphatic hydroxyl groups is 3. The molecule has 3 fully saturated rings. The van der Waals surface area contributed by atoms with E-state index in [1.807, 2.05) is 6.08 Å². The predicted octanol–water partition coefficient (Wildman–Crippen LogP) is 2.50. The molecule has 3 heteroatoms. The number of rotatable bonds is 0. The molecule has 0 aromatic rings. The van der Waals surface area contributed by atoms with Crippen molar-refractivity contribution in [3.8, 4) is 0 Å². The van der Waals surface area contributed by atoms with Crippen LogP contribution in [0.5, 0.6) is 0 Å². The first kappa shape index (κ1) is 15.2. The third-order valence-electron chi connectivity index (χ3n) is 8.14. The number of hydrogen-bond acceptors (Lipinski definition) is 3. The quantitative estimate of drug-likeness (QED) is 0.603. The van der Waals surface area contributed by atoms with E-state index in [1.54, 1.807) is 0 Å². The Morgan fingerprint density at radius 2 is 1.73 bits per heavy atom. The molecule has 4 aliphatic rings. The fourth-order valence-electron chi connectivity index (χ4n) is 6.73. The van der Waals surface area contributed by atoms with E-state index in [9.17, 15) is 15.3 Å². The lowest BCUT2D eigenvalue weighted by atomic mass is 9.45. The van der Waals surface area contributed by atoms with Gasteiger partial charge in [0.2, 0.25) is 0 Å². The lowest BCUT2D eigenvalue weighted by molar-refractivity contribution is -0.150. The van der Waals surface area contributed by atoms with Crippen LogP contribution in [0, 0.1) is 34.5 Å². The molecule has 0 radical (unpaired) electrons. The predicted molar refractivity (Wildman–Crippen MR) is 85.0 cm³/mol. The topological polar surface area (TPSA) is 60.7 Å². The fraction of sp³-hybridized carbons (Fsp3) is 0.895. The molecule has 0 spiro atoms. The van der Waals surface area contributed by atoms with Crippen LogP contribution in [-0.4, -0.2) is 33.6 Å². The first-order valence-corrected chi connectivity index (χ1v) is 9.10. The molecule has 3 nitrogen and oxygen atoms in total. The summed E-state index contributed by atoms with van der Waals surface area (Å²) in [5, 5.41) is 31.3. The van der Waals surface area contributed by atoms with Crippen molar-refractivity contribution in [3.05, 3.63) is 12.2 Å². The van der Waals surface area contributed by atoms with E-state index in [1.165, 1.54) is 0 Å². The number of fused-ring (bicyclic) bond motifs is 5. The summed E-state index contributed by atoms with van der Waals surface area (Å²) in [4.78, 5) is 0. The summed E-state index contributed by atoms with van der Waals surface area (Å²) in [6.07, 6.45) is 9.14. The van der Waals surface area contributed by atoms with Gasteiger partial charge in [0, 0.05) is 0 Å². The highest BCUT2D eigenvalue weighted by Crippen LogP contribution is 2.65. The van der Waals surface area contributed by atoms with E-state index in [2.05, 4.69) is 19.9 Å². The van der Waals surface area contributed by atoms with E-state index in [0.717, 1.165) is 38.5 Å². The summed E-state index contributed by atoms with van der Waals surface area (Å²) in [5.41, 5.74) is 0.112. The minimum Gasteiger partial charge on any atom is -0.393 e. The lowest BCUT2D eigenvalue weighted by Gasteiger charge is -2.60. The molecule has 9 atom stereocenters. The monoisotopic (exact) mass is 306 g/mol. The smallest absolute Gasteiger partial charge is 0.0724 e. The second-order valence-corrected chi connectivity index (χ2v) is 8.96. The van der Waals surface area contributed by atoms with Gasteiger partial charge in [-0.1, -0.05) is 26.0 Å². The van der Waals surface area contributed by atoms with Gasteiger partial charge in [0.05, 0.1) is 18.3 Å². The van der Waals surface area contributed by atoms with Crippen molar-refractivity contribution in [1.29, 1.82) is 0 Å². The van der Waals surface area contributed by atoms with Gasteiger partial charge in [-0.3, -0.25) is 0 Å². The maximum atomic E-state index is 10.9. The Morgan fingerprint density at radius 3 is 2.50 bits per heavy atom. The van der Waals surface area contributed by atoms with Crippen LogP contribution in [0.1, 0.15) is 52.4 Å². The highest BCUT2D eigenvalue weighted by molar-refractivity contribution is 5.18. The van der Waals surface area contributed by atoms with Crippen molar-refractivity contribution in [3.63, 3.8) is 0 Å². The Bertz CT molecular complexity index is 489. The first-order chi connectivity index (χ1) is 10.4. The Morgan fingerprint density at radius 1 is 0.955 bits per heavy atom. The summed E-state index contributed by atoms with van der Waals surface area (Å²) >= 11 is 0. The Hall–Kier alpha value is -0.380. The Kier molecular flexibility index (Phi) is 3.32. The SMILES string of the molecule is C[C@]12CC[C@H]3[C@@H]([C@H](O)CC4C[C@@H](O)C=C[C@@]43C)[C@@H]1CC[C@@H]2O. The molecule has 0 aliphatic heterocycles. The zero-order chi connectivity index (χ0) is 15.7. The zero-order valence-corrected chi connectivity index (χ0v) is 13.8. The lowest BCUT2D eigenvalue weighted by Crippen LogP contribution is -2.57. The van der Waals surface area contributed by atoms with Gasteiger partial charge in [0.15, 0.2) is 0 Å².